The molecule has 1 aromatic rings. The largest absolute Gasteiger partial charge is 0.478 e. The Morgan fingerprint density at radius 1 is 1.36 bits per heavy atom. The van der Waals surface area contributed by atoms with E-state index < -0.39 is 11.6 Å². The molecule has 25 heavy (non-hydrogen) atoms. The molecule has 0 aliphatic carbocycles. The van der Waals surface area contributed by atoms with Gasteiger partial charge in [-0.3, -0.25) is 0 Å². The van der Waals surface area contributed by atoms with Gasteiger partial charge < -0.3 is 19.6 Å². The fourth-order valence-electron chi connectivity index (χ4n) is 3.15. The lowest BCUT2D eigenvalue weighted by Crippen LogP contribution is -2.48. The standard InChI is InChI=1S/C18H28N2O4S/c1-6-20(15-12(2)14(11-25-15)16(21)22)13-7-9-19(10-8-13)17(23)24-18(3,4)5/h11,13H,6-10H2,1-5H3,(H,21,22). The van der Waals surface area contributed by atoms with E-state index in [1.54, 1.807) is 10.3 Å². The van der Waals surface area contributed by atoms with Crippen LogP contribution in [0.4, 0.5) is 9.80 Å². The molecule has 1 aliphatic heterocycles. The summed E-state index contributed by atoms with van der Waals surface area (Å²) in [6.07, 6.45) is 1.45. The van der Waals surface area contributed by atoms with Gasteiger partial charge in [-0.2, -0.15) is 0 Å². The normalized spacial score (nSPS) is 16.0. The lowest BCUT2D eigenvalue weighted by Gasteiger charge is -2.39. The van der Waals surface area contributed by atoms with Crippen LogP contribution in [-0.2, 0) is 4.74 Å². The molecule has 1 aliphatic rings. The van der Waals surface area contributed by atoms with Crippen LogP contribution in [0.15, 0.2) is 5.38 Å². The lowest BCUT2D eigenvalue weighted by molar-refractivity contribution is 0.0204. The smallest absolute Gasteiger partial charge is 0.410 e. The maximum atomic E-state index is 12.2. The third-order valence-electron chi connectivity index (χ3n) is 4.40. The van der Waals surface area contributed by atoms with Crippen LogP contribution in [0, 0.1) is 6.92 Å². The molecule has 0 bridgehead atoms. The summed E-state index contributed by atoms with van der Waals surface area (Å²) in [6.45, 7) is 11.7. The number of hydrogen-bond acceptors (Lipinski definition) is 5. The average molecular weight is 368 g/mol. The molecule has 1 N–H and O–H groups in total. The zero-order chi connectivity index (χ0) is 18.8. The molecule has 140 valence electrons. The Morgan fingerprint density at radius 2 is 1.96 bits per heavy atom. The van der Waals surface area contributed by atoms with Crippen LogP contribution in [0.3, 0.4) is 0 Å². The van der Waals surface area contributed by atoms with Gasteiger partial charge in [0.15, 0.2) is 0 Å². The highest BCUT2D eigenvalue weighted by atomic mass is 32.1. The fourth-order valence-corrected chi connectivity index (χ4v) is 4.36. The van der Waals surface area contributed by atoms with Crippen LogP contribution in [-0.4, -0.2) is 53.3 Å². The fraction of sp³-hybridized carbons (Fsp3) is 0.667. The minimum Gasteiger partial charge on any atom is -0.478 e. The number of carbonyl (C=O) groups excluding carboxylic acids is 1. The lowest BCUT2D eigenvalue weighted by atomic mass is 10.0. The molecular formula is C18H28N2O4S. The predicted octanol–water partition coefficient (Wildman–Crippen LogP) is 3.98. The van der Waals surface area contributed by atoms with Gasteiger partial charge in [0.2, 0.25) is 0 Å². The number of likely N-dealkylation sites (tertiary alicyclic amines) is 1. The van der Waals surface area contributed by atoms with Crippen LogP contribution in [0.5, 0.6) is 0 Å². The molecule has 1 aromatic heterocycles. The molecule has 1 fully saturated rings. The minimum atomic E-state index is -0.879. The van der Waals surface area contributed by atoms with Gasteiger partial charge >= 0.3 is 12.1 Å². The van der Waals surface area contributed by atoms with E-state index in [0.717, 1.165) is 30.0 Å². The number of hydrogen-bond donors (Lipinski definition) is 1. The summed E-state index contributed by atoms with van der Waals surface area (Å²) in [5.74, 6) is -0.879. The molecule has 0 radical (unpaired) electrons. The quantitative estimate of drug-likeness (QED) is 0.870. The maximum absolute atomic E-state index is 12.2. The summed E-state index contributed by atoms with van der Waals surface area (Å²) >= 11 is 1.49. The number of anilines is 1. The minimum absolute atomic E-state index is 0.255. The van der Waals surface area contributed by atoms with Gasteiger partial charge in [-0.25, -0.2) is 9.59 Å². The van der Waals surface area contributed by atoms with Gasteiger partial charge in [-0.1, -0.05) is 0 Å². The van der Waals surface area contributed by atoms with E-state index in [2.05, 4.69) is 11.8 Å². The number of amides is 1. The van der Waals surface area contributed by atoms with E-state index in [0.29, 0.717) is 24.7 Å². The number of thiophene rings is 1. The molecule has 7 heteroatoms. The van der Waals surface area contributed by atoms with E-state index in [1.807, 2.05) is 27.7 Å². The molecule has 0 spiro atoms. The second-order valence-electron chi connectivity index (χ2n) is 7.37. The van der Waals surface area contributed by atoms with Crippen molar-refractivity contribution >= 4 is 28.4 Å². The molecule has 2 heterocycles. The first-order valence-corrected chi connectivity index (χ1v) is 9.58. The van der Waals surface area contributed by atoms with Crippen molar-refractivity contribution in [2.75, 3.05) is 24.5 Å². The highest BCUT2D eigenvalue weighted by Crippen LogP contribution is 2.34. The summed E-state index contributed by atoms with van der Waals surface area (Å²) in [6, 6.07) is 0.308. The third kappa shape index (κ3) is 4.66. The summed E-state index contributed by atoms with van der Waals surface area (Å²) in [5, 5.41) is 12.0. The van der Waals surface area contributed by atoms with Gasteiger partial charge in [-0.15, -0.1) is 11.3 Å². The van der Waals surface area contributed by atoms with Gasteiger partial charge in [-0.05, 0) is 53.0 Å². The number of ether oxygens (including phenoxy) is 1. The number of nitrogens with zero attached hydrogens (tertiary/aromatic N) is 2. The summed E-state index contributed by atoms with van der Waals surface area (Å²) < 4.78 is 5.44. The summed E-state index contributed by atoms with van der Waals surface area (Å²) in [5.41, 5.74) is 0.726. The van der Waals surface area contributed by atoms with Crippen molar-refractivity contribution in [3.63, 3.8) is 0 Å². The first-order valence-electron chi connectivity index (χ1n) is 8.70. The van der Waals surface area contributed by atoms with E-state index in [-0.39, 0.29) is 6.09 Å². The van der Waals surface area contributed by atoms with Crippen LogP contribution < -0.4 is 4.90 Å². The Bertz CT molecular complexity index is 628. The topological polar surface area (TPSA) is 70.1 Å². The second-order valence-corrected chi connectivity index (χ2v) is 8.23. The molecule has 1 amide bonds. The van der Waals surface area contributed by atoms with Crippen molar-refractivity contribution < 1.29 is 19.4 Å². The van der Waals surface area contributed by atoms with Crippen molar-refractivity contribution in [3.8, 4) is 0 Å². The zero-order valence-corrected chi connectivity index (χ0v) is 16.5. The molecular weight excluding hydrogens is 340 g/mol. The van der Waals surface area contributed by atoms with Gasteiger partial charge in [0.05, 0.1) is 10.6 Å². The monoisotopic (exact) mass is 368 g/mol. The van der Waals surface area contributed by atoms with Crippen molar-refractivity contribution in [2.45, 2.75) is 59.1 Å². The van der Waals surface area contributed by atoms with Gasteiger partial charge in [0.1, 0.15) is 5.60 Å². The summed E-state index contributed by atoms with van der Waals surface area (Å²) in [7, 11) is 0. The van der Waals surface area contributed by atoms with Crippen LogP contribution in [0.2, 0.25) is 0 Å². The summed E-state index contributed by atoms with van der Waals surface area (Å²) in [4.78, 5) is 27.5. The van der Waals surface area contributed by atoms with Crippen LogP contribution >= 0.6 is 11.3 Å². The Balaban J connectivity index is 2.03. The molecule has 0 saturated carbocycles. The predicted molar refractivity (Wildman–Crippen MR) is 99.9 cm³/mol. The number of carboxylic acids is 1. The van der Waals surface area contributed by atoms with E-state index in [4.69, 9.17) is 4.74 Å². The number of carbonyl (C=O) groups is 2. The Morgan fingerprint density at radius 3 is 2.40 bits per heavy atom. The van der Waals surface area contributed by atoms with Crippen molar-refractivity contribution in [3.05, 3.63) is 16.5 Å². The van der Waals surface area contributed by atoms with Gasteiger partial charge in [0, 0.05) is 31.1 Å². The Hall–Kier alpha value is -1.76. The van der Waals surface area contributed by atoms with E-state index in [9.17, 15) is 14.7 Å². The number of carboxylic acid groups (broad SMARTS) is 1. The third-order valence-corrected chi connectivity index (χ3v) is 5.52. The first-order chi connectivity index (χ1) is 11.6. The first kappa shape index (κ1) is 19.6. The number of piperidine rings is 1. The van der Waals surface area contributed by atoms with Crippen molar-refractivity contribution in [2.24, 2.45) is 0 Å². The highest BCUT2D eigenvalue weighted by Gasteiger charge is 2.30. The Kier molecular flexibility index (Phi) is 5.98. The average Bonchev–Trinajstić information content (AvgIpc) is 2.89. The Labute approximate surface area is 153 Å². The van der Waals surface area contributed by atoms with E-state index in [1.165, 1.54) is 11.3 Å². The molecule has 6 nitrogen and oxygen atoms in total. The zero-order valence-electron chi connectivity index (χ0n) is 15.7. The van der Waals surface area contributed by atoms with Crippen molar-refractivity contribution in [1.82, 2.24) is 4.90 Å². The van der Waals surface area contributed by atoms with Crippen molar-refractivity contribution in [1.29, 1.82) is 0 Å². The number of aromatic carboxylic acids is 1. The number of rotatable bonds is 4. The molecule has 1 saturated heterocycles. The molecule has 0 unspecified atom stereocenters. The molecule has 2 rings (SSSR count). The van der Waals surface area contributed by atoms with E-state index >= 15 is 0 Å². The second kappa shape index (κ2) is 7.64. The SMILES string of the molecule is CCN(c1scc(C(=O)O)c1C)C1CCN(C(=O)OC(C)(C)C)CC1. The van der Waals surface area contributed by atoms with Crippen LogP contribution in [0.1, 0.15) is 56.5 Å². The van der Waals surface area contributed by atoms with Gasteiger partial charge in [0.25, 0.3) is 0 Å². The molecule has 0 atom stereocenters. The maximum Gasteiger partial charge on any atom is 0.410 e. The van der Waals surface area contributed by atoms with Crippen LogP contribution in [0.25, 0.3) is 0 Å². The highest BCUT2D eigenvalue weighted by molar-refractivity contribution is 7.14. The molecule has 0 aromatic carbocycles.